The van der Waals surface area contributed by atoms with Crippen molar-refractivity contribution in [1.29, 1.82) is 0 Å². The lowest BCUT2D eigenvalue weighted by Crippen LogP contribution is -2.48. The molecule has 3 heterocycles. The molecule has 0 spiro atoms. The van der Waals surface area contributed by atoms with Gasteiger partial charge >= 0.3 is 0 Å². The van der Waals surface area contributed by atoms with E-state index < -0.39 is 0 Å². The van der Waals surface area contributed by atoms with Crippen LogP contribution in [0.4, 0.5) is 5.13 Å². The summed E-state index contributed by atoms with van der Waals surface area (Å²) in [5, 5.41) is 9.20. The molecular formula is C23H28N6O4S. The average Bonchev–Trinajstić information content (AvgIpc) is 3.49. The number of anilines is 1. The Bertz CT molecular complexity index is 1120. The molecule has 0 atom stereocenters. The summed E-state index contributed by atoms with van der Waals surface area (Å²) >= 11 is 1.34. The van der Waals surface area contributed by atoms with E-state index in [0.717, 1.165) is 24.4 Å². The number of amides is 2. The van der Waals surface area contributed by atoms with Crippen LogP contribution in [0.2, 0.25) is 0 Å². The van der Waals surface area contributed by atoms with Crippen molar-refractivity contribution >= 4 is 28.3 Å². The van der Waals surface area contributed by atoms with Crippen LogP contribution in [0.15, 0.2) is 34.2 Å². The zero-order valence-corrected chi connectivity index (χ0v) is 20.3. The molecule has 3 aromatic rings. The summed E-state index contributed by atoms with van der Waals surface area (Å²) in [4.78, 5) is 37.4. The molecule has 2 amide bonds. The molecule has 1 saturated heterocycles. The highest BCUT2D eigenvalue weighted by Crippen LogP contribution is 2.21. The van der Waals surface area contributed by atoms with E-state index in [1.165, 1.54) is 11.3 Å². The molecule has 1 aliphatic heterocycles. The van der Waals surface area contributed by atoms with Gasteiger partial charge in [-0.1, -0.05) is 19.0 Å². The van der Waals surface area contributed by atoms with E-state index in [4.69, 9.17) is 9.26 Å². The van der Waals surface area contributed by atoms with E-state index in [9.17, 15) is 9.59 Å². The number of rotatable bonds is 8. The zero-order valence-electron chi connectivity index (χ0n) is 19.5. The second-order valence-corrected chi connectivity index (χ2v) is 9.22. The Balaban J connectivity index is 1.24. The number of carbonyl (C=O) groups excluding carboxylic acids is 2. The summed E-state index contributed by atoms with van der Waals surface area (Å²) in [7, 11) is 1.62. The molecule has 34 heavy (non-hydrogen) atoms. The minimum Gasteiger partial charge on any atom is -0.497 e. The molecule has 180 valence electrons. The fourth-order valence-electron chi connectivity index (χ4n) is 3.49. The van der Waals surface area contributed by atoms with Gasteiger partial charge in [-0.05, 0) is 24.3 Å². The van der Waals surface area contributed by atoms with Crippen molar-refractivity contribution in [2.75, 3.05) is 38.6 Å². The quantitative estimate of drug-likeness (QED) is 0.519. The lowest BCUT2D eigenvalue weighted by Gasteiger charge is -2.33. The number of methoxy groups -OCH3 is 1. The van der Waals surface area contributed by atoms with E-state index in [2.05, 4.69) is 25.3 Å². The van der Waals surface area contributed by atoms with E-state index in [0.29, 0.717) is 42.2 Å². The number of aromatic nitrogens is 3. The highest BCUT2D eigenvalue weighted by atomic mass is 32.1. The van der Waals surface area contributed by atoms with Gasteiger partial charge < -0.3 is 19.5 Å². The SMILES string of the molecule is COc1ccc(-c2noc(CN3CCN(C(=O)Cc4csc(NC(=O)C(C)C)n4)CC3)n2)cc1. The van der Waals surface area contributed by atoms with Gasteiger partial charge in [0.15, 0.2) is 5.13 Å². The predicted molar refractivity (Wildman–Crippen MR) is 127 cm³/mol. The van der Waals surface area contributed by atoms with Crippen molar-refractivity contribution in [2.45, 2.75) is 26.8 Å². The Kier molecular flexibility index (Phi) is 7.53. The first kappa shape index (κ1) is 23.8. The summed E-state index contributed by atoms with van der Waals surface area (Å²) in [6, 6.07) is 7.49. The molecule has 4 rings (SSSR count). The third-order valence-electron chi connectivity index (χ3n) is 5.54. The number of hydrogen-bond acceptors (Lipinski definition) is 9. The normalized spacial score (nSPS) is 14.4. The first-order valence-electron chi connectivity index (χ1n) is 11.1. The van der Waals surface area contributed by atoms with Crippen LogP contribution in [0.1, 0.15) is 25.4 Å². The van der Waals surface area contributed by atoms with Gasteiger partial charge in [-0.3, -0.25) is 14.5 Å². The smallest absolute Gasteiger partial charge is 0.241 e. The fourth-order valence-corrected chi connectivity index (χ4v) is 4.20. The van der Waals surface area contributed by atoms with Crippen LogP contribution >= 0.6 is 11.3 Å². The lowest BCUT2D eigenvalue weighted by molar-refractivity contribution is -0.132. The van der Waals surface area contributed by atoms with Crippen LogP contribution in [-0.2, 0) is 22.6 Å². The first-order chi connectivity index (χ1) is 16.4. The largest absolute Gasteiger partial charge is 0.497 e. The molecular weight excluding hydrogens is 456 g/mol. The van der Waals surface area contributed by atoms with E-state index in [-0.39, 0.29) is 24.2 Å². The molecule has 2 aromatic heterocycles. The number of carbonyl (C=O) groups is 2. The zero-order chi connectivity index (χ0) is 24.1. The summed E-state index contributed by atoms with van der Waals surface area (Å²) in [5.74, 6) is 1.69. The number of nitrogens with zero attached hydrogens (tertiary/aromatic N) is 5. The van der Waals surface area contributed by atoms with Crippen LogP contribution in [0, 0.1) is 5.92 Å². The number of piperazine rings is 1. The van der Waals surface area contributed by atoms with Gasteiger partial charge in [-0.2, -0.15) is 4.98 Å². The molecule has 1 aromatic carbocycles. The van der Waals surface area contributed by atoms with Gasteiger partial charge in [0, 0.05) is 43.0 Å². The van der Waals surface area contributed by atoms with Gasteiger partial charge in [-0.25, -0.2) is 4.98 Å². The van der Waals surface area contributed by atoms with Crippen molar-refractivity contribution in [3.63, 3.8) is 0 Å². The molecule has 11 heteroatoms. The molecule has 0 radical (unpaired) electrons. The first-order valence-corrected chi connectivity index (χ1v) is 12.0. The Labute approximate surface area is 201 Å². The van der Waals surface area contributed by atoms with Crippen LogP contribution in [0.3, 0.4) is 0 Å². The third-order valence-corrected chi connectivity index (χ3v) is 6.35. The molecule has 0 saturated carbocycles. The van der Waals surface area contributed by atoms with Crippen molar-refractivity contribution in [1.82, 2.24) is 24.9 Å². The molecule has 1 N–H and O–H groups in total. The van der Waals surface area contributed by atoms with E-state index in [1.807, 2.05) is 48.4 Å². The monoisotopic (exact) mass is 484 g/mol. The summed E-state index contributed by atoms with van der Waals surface area (Å²) in [6.07, 6.45) is 0.225. The Morgan fingerprint density at radius 1 is 1.15 bits per heavy atom. The number of benzene rings is 1. The van der Waals surface area contributed by atoms with Crippen LogP contribution < -0.4 is 10.1 Å². The highest BCUT2D eigenvalue weighted by Gasteiger charge is 2.23. The van der Waals surface area contributed by atoms with Crippen LogP contribution in [0.25, 0.3) is 11.4 Å². The van der Waals surface area contributed by atoms with E-state index >= 15 is 0 Å². The van der Waals surface area contributed by atoms with Crippen molar-refractivity contribution in [2.24, 2.45) is 5.92 Å². The number of thiazole rings is 1. The molecule has 10 nitrogen and oxygen atoms in total. The Morgan fingerprint density at radius 2 is 1.88 bits per heavy atom. The minimum absolute atomic E-state index is 0.0336. The topological polar surface area (TPSA) is 114 Å². The van der Waals surface area contributed by atoms with Gasteiger partial charge in [0.1, 0.15) is 5.75 Å². The van der Waals surface area contributed by atoms with Gasteiger partial charge in [0.2, 0.25) is 23.5 Å². The molecule has 0 bridgehead atoms. The average molecular weight is 485 g/mol. The van der Waals surface area contributed by atoms with Gasteiger partial charge in [-0.15, -0.1) is 11.3 Å². The third kappa shape index (κ3) is 5.97. The molecule has 1 fully saturated rings. The number of nitrogens with one attached hydrogen (secondary N) is 1. The Hall–Kier alpha value is -3.31. The maximum absolute atomic E-state index is 12.7. The molecule has 1 aliphatic rings. The summed E-state index contributed by atoms with van der Waals surface area (Å²) < 4.78 is 10.6. The van der Waals surface area contributed by atoms with E-state index in [1.54, 1.807) is 7.11 Å². The fraction of sp³-hybridized carbons (Fsp3) is 0.435. The Morgan fingerprint density at radius 3 is 2.56 bits per heavy atom. The minimum atomic E-state index is -0.119. The number of hydrogen-bond donors (Lipinski definition) is 1. The summed E-state index contributed by atoms with van der Waals surface area (Å²) in [5.41, 5.74) is 1.54. The second kappa shape index (κ2) is 10.7. The maximum Gasteiger partial charge on any atom is 0.241 e. The maximum atomic E-state index is 12.7. The van der Waals surface area contributed by atoms with Crippen molar-refractivity contribution in [3.05, 3.63) is 41.2 Å². The van der Waals surface area contributed by atoms with Crippen LogP contribution in [0.5, 0.6) is 5.75 Å². The standard InChI is InChI=1S/C23H28N6O4S/c1-15(2)22(31)26-23-24-17(14-34-23)12-20(30)29-10-8-28(9-11-29)13-19-25-21(27-33-19)16-4-6-18(32-3)7-5-16/h4-7,14-15H,8-13H2,1-3H3,(H,24,26,31). The summed E-state index contributed by atoms with van der Waals surface area (Å²) in [6.45, 7) is 6.88. The van der Waals surface area contributed by atoms with Crippen molar-refractivity contribution < 1.29 is 18.8 Å². The molecule has 0 aliphatic carbocycles. The lowest BCUT2D eigenvalue weighted by atomic mass is 10.2. The van der Waals surface area contributed by atoms with Gasteiger partial charge in [0.25, 0.3) is 0 Å². The predicted octanol–water partition coefficient (Wildman–Crippen LogP) is 2.68. The number of ether oxygens (including phenoxy) is 1. The van der Waals surface area contributed by atoms with Gasteiger partial charge in [0.05, 0.1) is 25.8 Å². The van der Waals surface area contributed by atoms with Crippen molar-refractivity contribution in [3.8, 4) is 17.1 Å². The second-order valence-electron chi connectivity index (χ2n) is 8.36. The highest BCUT2D eigenvalue weighted by molar-refractivity contribution is 7.13. The van der Waals surface area contributed by atoms with Crippen LogP contribution in [-0.4, -0.2) is 70.0 Å². The molecule has 0 unspecified atom stereocenters.